The number of aliphatic hydroxyl groups is 1. The molecule has 0 fully saturated rings. The molecular weight excluding hydrogens is 241 g/mol. The molecule has 0 spiro atoms. The Bertz CT molecular complexity index is 432. The number of rotatable bonds is 6. The minimum absolute atomic E-state index is 0.0401. The van der Waals surface area contributed by atoms with Gasteiger partial charge in [0.15, 0.2) is 5.75 Å². The SMILES string of the molecule is CCC(O)(CC)COc1ccc(F)cc1[N+](=O)[O-]. The molecule has 1 aromatic rings. The zero-order valence-corrected chi connectivity index (χ0v) is 10.4. The lowest BCUT2D eigenvalue weighted by Crippen LogP contribution is -2.34. The van der Waals surface area contributed by atoms with E-state index in [9.17, 15) is 19.6 Å². The van der Waals surface area contributed by atoms with Gasteiger partial charge < -0.3 is 9.84 Å². The predicted molar refractivity (Wildman–Crippen MR) is 64.1 cm³/mol. The first kappa shape index (κ1) is 14.4. The average molecular weight is 257 g/mol. The van der Waals surface area contributed by atoms with Crippen LogP contribution >= 0.6 is 0 Å². The standard InChI is InChI=1S/C12H16FNO4/c1-3-12(15,4-2)8-18-11-6-5-9(13)7-10(11)14(16)17/h5-7,15H,3-4,8H2,1-2H3. The summed E-state index contributed by atoms with van der Waals surface area (Å²) in [7, 11) is 0. The molecule has 18 heavy (non-hydrogen) atoms. The van der Waals surface area contributed by atoms with Gasteiger partial charge in [0, 0.05) is 0 Å². The van der Waals surface area contributed by atoms with Crippen LogP contribution in [0, 0.1) is 15.9 Å². The number of nitro groups is 1. The maximum absolute atomic E-state index is 12.9. The minimum Gasteiger partial charge on any atom is -0.484 e. The molecular formula is C12H16FNO4. The van der Waals surface area contributed by atoms with Gasteiger partial charge in [0.05, 0.1) is 16.6 Å². The van der Waals surface area contributed by atoms with Crippen molar-refractivity contribution in [1.29, 1.82) is 0 Å². The Hall–Kier alpha value is -1.69. The summed E-state index contributed by atoms with van der Waals surface area (Å²) in [5, 5.41) is 20.7. The van der Waals surface area contributed by atoms with Crippen LogP contribution in [0.25, 0.3) is 0 Å². The molecule has 0 bridgehead atoms. The third-order valence-corrected chi connectivity index (χ3v) is 2.93. The molecule has 100 valence electrons. The Kier molecular flexibility index (Phi) is 4.61. The van der Waals surface area contributed by atoms with Gasteiger partial charge in [-0.1, -0.05) is 13.8 Å². The van der Waals surface area contributed by atoms with E-state index in [1.807, 2.05) is 0 Å². The lowest BCUT2D eigenvalue weighted by atomic mass is 9.99. The first-order valence-electron chi connectivity index (χ1n) is 5.71. The lowest BCUT2D eigenvalue weighted by molar-refractivity contribution is -0.386. The summed E-state index contributed by atoms with van der Waals surface area (Å²) < 4.78 is 18.1. The molecule has 5 nitrogen and oxygen atoms in total. The fraction of sp³-hybridized carbons (Fsp3) is 0.500. The Labute approximate surface area is 104 Å². The van der Waals surface area contributed by atoms with Crippen LogP contribution in [-0.2, 0) is 0 Å². The van der Waals surface area contributed by atoms with Gasteiger partial charge in [0.2, 0.25) is 0 Å². The second-order valence-corrected chi connectivity index (χ2v) is 4.09. The molecule has 0 saturated heterocycles. The molecule has 0 heterocycles. The van der Waals surface area contributed by atoms with Crippen LogP contribution in [0.5, 0.6) is 5.75 Å². The van der Waals surface area contributed by atoms with Crippen molar-refractivity contribution >= 4 is 5.69 Å². The fourth-order valence-corrected chi connectivity index (χ4v) is 1.42. The van der Waals surface area contributed by atoms with Crippen LogP contribution in [0.3, 0.4) is 0 Å². The van der Waals surface area contributed by atoms with Gasteiger partial charge in [0.25, 0.3) is 0 Å². The van der Waals surface area contributed by atoms with Crippen LogP contribution in [0.15, 0.2) is 18.2 Å². The molecule has 0 aliphatic rings. The molecule has 1 rings (SSSR count). The number of nitro benzene ring substituents is 1. The highest BCUT2D eigenvalue weighted by atomic mass is 19.1. The second kappa shape index (κ2) is 5.77. The van der Waals surface area contributed by atoms with Crippen LogP contribution in [0.1, 0.15) is 26.7 Å². The number of hydrogen-bond donors (Lipinski definition) is 1. The molecule has 1 aromatic carbocycles. The molecule has 0 aromatic heterocycles. The smallest absolute Gasteiger partial charge is 0.313 e. The Morgan fingerprint density at radius 1 is 1.44 bits per heavy atom. The first-order chi connectivity index (χ1) is 8.41. The number of hydrogen-bond acceptors (Lipinski definition) is 4. The maximum Gasteiger partial charge on any atom is 0.313 e. The zero-order valence-electron chi connectivity index (χ0n) is 10.4. The molecule has 0 atom stereocenters. The van der Waals surface area contributed by atoms with Crippen molar-refractivity contribution in [1.82, 2.24) is 0 Å². The van der Waals surface area contributed by atoms with Gasteiger partial charge in [-0.2, -0.15) is 0 Å². The van der Waals surface area contributed by atoms with Crippen molar-refractivity contribution in [3.63, 3.8) is 0 Å². The summed E-state index contributed by atoms with van der Waals surface area (Å²) >= 11 is 0. The van der Waals surface area contributed by atoms with Crippen LogP contribution in [0.2, 0.25) is 0 Å². The molecule has 0 amide bonds. The van der Waals surface area contributed by atoms with E-state index < -0.39 is 22.0 Å². The first-order valence-corrected chi connectivity index (χ1v) is 5.71. The van der Waals surface area contributed by atoms with Crippen molar-refractivity contribution in [3.8, 4) is 5.75 Å². The van der Waals surface area contributed by atoms with Crippen LogP contribution in [0.4, 0.5) is 10.1 Å². The summed E-state index contributed by atoms with van der Waals surface area (Å²) in [4.78, 5) is 10.0. The van der Waals surface area contributed by atoms with Gasteiger partial charge in [-0.15, -0.1) is 0 Å². The zero-order chi connectivity index (χ0) is 13.8. The van der Waals surface area contributed by atoms with Crippen molar-refractivity contribution < 1.29 is 19.2 Å². The third kappa shape index (κ3) is 3.40. The maximum atomic E-state index is 12.9. The van der Waals surface area contributed by atoms with Crippen LogP contribution in [-0.4, -0.2) is 22.2 Å². The van der Waals surface area contributed by atoms with Gasteiger partial charge in [-0.25, -0.2) is 4.39 Å². The Morgan fingerprint density at radius 2 is 2.06 bits per heavy atom. The molecule has 0 aliphatic carbocycles. The number of ether oxygens (including phenoxy) is 1. The van der Waals surface area contributed by atoms with Crippen molar-refractivity contribution in [2.24, 2.45) is 0 Å². The van der Waals surface area contributed by atoms with E-state index in [1.165, 1.54) is 6.07 Å². The Balaban J connectivity index is 2.88. The highest BCUT2D eigenvalue weighted by molar-refractivity contribution is 5.46. The fourth-order valence-electron chi connectivity index (χ4n) is 1.42. The molecule has 1 N–H and O–H groups in total. The van der Waals surface area contributed by atoms with Crippen molar-refractivity contribution in [3.05, 3.63) is 34.1 Å². The summed E-state index contributed by atoms with van der Waals surface area (Å²) in [5.74, 6) is -0.739. The van der Waals surface area contributed by atoms with E-state index >= 15 is 0 Å². The highest BCUT2D eigenvalue weighted by Crippen LogP contribution is 2.28. The summed E-state index contributed by atoms with van der Waals surface area (Å²) in [6.07, 6.45) is 0.941. The van der Waals surface area contributed by atoms with Crippen molar-refractivity contribution in [2.75, 3.05) is 6.61 Å². The lowest BCUT2D eigenvalue weighted by Gasteiger charge is -2.24. The molecule has 0 aliphatic heterocycles. The molecule has 0 saturated carbocycles. The molecule has 0 unspecified atom stereocenters. The van der Waals surface area contributed by atoms with E-state index in [1.54, 1.807) is 13.8 Å². The quantitative estimate of drug-likeness (QED) is 0.628. The molecule has 6 heteroatoms. The van der Waals surface area contributed by atoms with Gasteiger partial charge in [0.1, 0.15) is 12.4 Å². The topological polar surface area (TPSA) is 72.6 Å². The summed E-state index contributed by atoms with van der Waals surface area (Å²) in [5.41, 5.74) is -1.47. The summed E-state index contributed by atoms with van der Waals surface area (Å²) in [6.45, 7) is 3.53. The predicted octanol–water partition coefficient (Wildman–Crippen LogP) is 2.66. The summed E-state index contributed by atoms with van der Waals surface area (Å²) in [6, 6.07) is 3.07. The van der Waals surface area contributed by atoms with Crippen LogP contribution < -0.4 is 4.74 Å². The number of nitrogens with zero attached hydrogens (tertiary/aromatic N) is 1. The largest absolute Gasteiger partial charge is 0.484 e. The minimum atomic E-state index is -1.03. The average Bonchev–Trinajstić information content (AvgIpc) is 2.36. The van der Waals surface area contributed by atoms with E-state index in [2.05, 4.69) is 0 Å². The van der Waals surface area contributed by atoms with E-state index in [0.29, 0.717) is 12.8 Å². The molecule has 0 radical (unpaired) electrons. The van der Waals surface area contributed by atoms with Crippen molar-refractivity contribution in [2.45, 2.75) is 32.3 Å². The van der Waals surface area contributed by atoms with Gasteiger partial charge in [-0.05, 0) is 25.0 Å². The third-order valence-electron chi connectivity index (χ3n) is 2.93. The second-order valence-electron chi connectivity index (χ2n) is 4.09. The van der Waals surface area contributed by atoms with E-state index in [4.69, 9.17) is 4.74 Å². The van der Waals surface area contributed by atoms with Gasteiger partial charge >= 0.3 is 5.69 Å². The number of benzene rings is 1. The normalized spacial score (nSPS) is 11.3. The number of halogens is 1. The van der Waals surface area contributed by atoms with E-state index in [-0.39, 0.29) is 12.4 Å². The monoisotopic (exact) mass is 257 g/mol. The van der Waals surface area contributed by atoms with Gasteiger partial charge in [-0.3, -0.25) is 10.1 Å². The van der Waals surface area contributed by atoms with E-state index in [0.717, 1.165) is 12.1 Å². The highest BCUT2D eigenvalue weighted by Gasteiger charge is 2.25. The Morgan fingerprint density at radius 3 is 2.56 bits per heavy atom.